The SMILES string of the molecule is CC[C@H](Oc1ccc(Cl)c(C)c1)C(=O)Nc1ccc(C23CC4CC(CC(C4)C2)C3)cc1. The normalized spacial score (nSPS) is 29.6. The van der Waals surface area contributed by atoms with Gasteiger partial charge >= 0.3 is 0 Å². The standard InChI is InChI=1S/C27H32ClNO2/c1-3-25(31-23-8-9-24(28)17(2)10-23)26(30)29-22-6-4-21(5-7-22)27-14-18-11-19(15-27)13-20(12-18)16-27/h4-10,18-20,25H,3,11-16H2,1-2H3,(H,29,30)/t18?,19?,20?,25-,27?/m0/s1. The molecule has 0 saturated heterocycles. The third-order valence-electron chi connectivity index (χ3n) is 7.87. The van der Waals surface area contributed by atoms with Gasteiger partial charge in [-0.25, -0.2) is 0 Å². The molecule has 0 aromatic heterocycles. The Labute approximate surface area is 190 Å². The Morgan fingerprint density at radius 1 is 1.06 bits per heavy atom. The topological polar surface area (TPSA) is 38.3 Å². The summed E-state index contributed by atoms with van der Waals surface area (Å²) < 4.78 is 5.95. The lowest BCUT2D eigenvalue weighted by Crippen LogP contribution is -2.48. The molecule has 164 valence electrons. The van der Waals surface area contributed by atoms with Crippen LogP contribution >= 0.6 is 11.6 Å². The van der Waals surface area contributed by atoms with Crippen molar-refractivity contribution in [2.75, 3.05) is 5.32 Å². The Kier molecular flexibility index (Phi) is 5.50. The van der Waals surface area contributed by atoms with Crippen molar-refractivity contribution in [3.63, 3.8) is 0 Å². The Balaban J connectivity index is 1.26. The van der Waals surface area contributed by atoms with E-state index >= 15 is 0 Å². The van der Waals surface area contributed by atoms with Gasteiger partial charge in [-0.05, 0) is 116 Å². The highest BCUT2D eigenvalue weighted by atomic mass is 35.5. The lowest BCUT2D eigenvalue weighted by Gasteiger charge is -2.57. The van der Waals surface area contributed by atoms with Crippen LogP contribution in [-0.2, 0) is 10.2 Å². The number of halogens is 1. The molecule has 0 aliphatic heterocycles. The molecule has 31 heavy (non-hydrogen) atoms. The first kappa shape index (κ1) is 20.9. The van der Waals surface area contributed by atoms with Crippen molar-refractivity contribution in [3.8, 4) is 5.75 Å². The van der Waals surface area contributed by atoms with Crippen molar-refractivity contribution in [1.82, 2.24) is 0 Å². The molecule has 4 saturated carbocycles. The Morgan fingerprint density at radius 3 is 2.23 bits per heavy atom. The van der Waals surface area contributed by atoms with Crippen LogP contribution in [0.5, 0.6) is 5.75 Å². The summed E-state index contributed by atoms with van der Waals surface area (Å²) in [6, 6.07) is 14.2. The van der Waals surface area contributed by atoms with E-state index in [0.717, 1.165) is 29.0 Å². The number of carbonyl (C=O) groups excluding carboxylic acids is 1. The molecule has 0 unspecified atom stereocenters. The maximum Gasteiger partial charge on any atom is 0.265 e. The zero-order chi connectivity index (χ0) is 21.6. The van der Waals surface area contributed by atoms with E-state index in [-0.39, 0.29) is 5.91 Å². The maximum absolute atomic E-state index is 12.8. The van der Waals surface area contributed by atoms with Gasteiger partial charge in [0, 0.05) is 10.7 Å². The first-order valence-electron chi connectivity index (χ1n) is 11.8. The van der Waals surface area contributed by atoms with E-state index in [9.17, 15) is 4.79 Å². The van der Waals surface area contributed by atoms with Gasteiger partial charge in [0.25, 0.3) is 5.91 Å². The number of benzene rings is 2. The molecule has 2 aromatic carbocycles. The highest BCUT2D eigenvalue weighted by Crippen LogP contribution is 2.60. The van der Waals surface area contributed by atoms with Gasteiger partial charge < -0.3 is 10.1 Å². The van der Waals surface area contributed by atoms with Crippen LogP contribution in [0.1, 0.15) is 63.0 Å². The molecule has 0 spiro atoms. The number of nitrogens with one attached hydrogen (secondary N) is 1. The molecule has 1 atom stereocenters. The summed E-state index contributed by atoms with van der Waals surface area (Å²) in [7, 11) is 0. The van der Waals surface area contributed by atoms with E-state index in [1.54, 1.807) is 6.07 Å². The predicted octanol–water partition coefficient (Wildman–Crippen LogP) is 6.91. The van der Waals surface area contributed by atoms with E-state index < -0.39 is 6.10 Å². The predicted molar refractivity (Wildman–Crippen MR) is 126 cm³/mol. The molecule has 6 rings (SSSR count). The first-order chi connectivity index (χ1) is 14.9. The molecule has 4 heteroatoms. The number of amides is 1. The molecule has 3 nitrogen and oxygen atoms in total. The van der Waals surface area contributed by atoms with Gasteiger partial charge in [0.05, 0.1) is 0 Å². The molecule has 4 bridgehead atoms. The summed E-state index contributed by atoms with van der Waals surface area (Å²) in [5.74, 6) is 3.36. The first-order valence-corrected chi connectivity index (χ1v) is 12.2. The summed E-state index contributed by atoms with van der Waals surface area (Å²) in [6.07, 6.45) is 8.50. The van der Waals surface area contributed by atoms with Gasteiger partial charge in [0.15, 0.2) is 6.10 Å². The highest BCUT2D eigenvalue weighted by molar-refractivity contribution is 6.31. The van der Waals surface area contributed by atoms with Crippen molar-refractivity contribution in [3.05, 3.63) is 58.6 Å². The lowest BCUT2D eigenvalue weighted by atomic mass is 9.48. The molecular formula is C27H32ClNO2. The average Bonchev–Trinajstić information content (AvgIpc) is 2.74. The van der Waals surface area contributed by atoms with Crippen LogP contribution in [0.2, 0.25) is 5.02 Å². The largest absolute Gasteiger partial charge is 0.481 e. The van der Waals surface area contributed by atoms with Crippen LogP contribution in [0.4, 0.5) is 5.69 Å². The van der Waals surface area contributed by atoms with Gasteiger partial charge in [-0.2, -0.15) is 0 Å². The smallest absolute Gasteiger partial charge is 0.265 e. The fourth-order valence-electron chi connectivity index (χ4n) is 6.77. The van der Waals surface area contributed by atoms with Crippen LogP contribution in [0.25, 0.3) is 0 Å². The summed E-state index contributed by atoms with van der Waals surface area (Å²) in [5.41, 5.74) is 3.64. The minimum atomic E-state index is -0.539. The Hall–Kier alpha value is -2.00. The lowest BCUT2D eigenvalue weighted by molar-refractivity contribution is -0.122. The number of anilines is 1. The van der Waals surface area contributed by atoms with Crippen molar-refractivity contribution in [2.45, 2.75) is 70.3 Å². The number of rotatable bonds is 6. The Bertz CT molecular complexity index is 932. The van der Waals surface area contributed by atoms with Gasteiger partial charge in [-0.1, -0.05) is 30.7 Å². The quantitative estimate of drug-likeness (QED) is 0.533. The fourth-order valence-corrected chi connectivity index (χ4v) is 6.89. The molecule has 4 fully saturated rings. The summed E-state index contributed by atoms with van der Waals surface area (Å²) >= 11 is 6.10. The third kappa shape index (κ3) is 4.09. The number of aryl methyl sites for hydroxylation is 1. The molecule has 0 heterocycles. The summed E-state index contributed by atoms with van der Waals surface area (Å²) in [5, 5.41) is 3.75. The number of ether oxygens (including phenoxy) is 1. The van der Waals surface area contributed by atoms with E-state index in [4.69, 9.17) is 16.3 Å². The summed E-state index contributed by atoms with van der Waals surface area (Å²) in [4.78, 5) is 12.8. The monoisotopic (exact) mass is 437 g/mol. The van der Waals surface area contributed by atoms with Crippen molar-refractivity contribution in [1.29, 1.82) is 0 Å². The summed E-state index contributed by atoms with van der Waals surface area (Å²) in [6.45, 7) is 3.89. The second-order valence-corrected chi connectivity index (χ2v) is 10.6. The van der Waals surface area contributed by atoms with E-state index in [1.165, 1.54) is 44.1 Å². The fraction of sp³-hybridized carbons (Fsp3) is 0.519. The molecule has 4 aliphatic rings. The zero-order valence-corrected chi connectivity index (χ0v) is 19.3. The zero-order valence-electron chi connectivity index (χ0n) is 18.5. The molecule has 1 N–H and O–H groups in total. The molecular weight excluding hydrogens is 406 g/mol. The van der Waals surface area contributed by atoms with Gasteiger partial charge in [-0.15, -0.1) is 0 Å². The minimum Gasteiger partial charge on any atom is -0.481 e. The highest BCUT2D eigenvalue weighted by Gasteiger charge is 2.51. The van der Waals surface area contributed by atoms with Crippen LogP contribution in [0.15, 0.2) is 42.5 Å². The van der Waals surface area contributed by atoms with E-state index in [1.807, 2.05) is 26.0 Å². The van der Waals surface area contributed by atoms with Crippen molar-refractivity contribution in [2.24, 2.45) is 17.8 Å². The number of hydrogen-bond acceptors (Lipinski definition) is 2. The van der Waals surface area contributed by atoms with Gasteiger partial charge in [0.1, 0.15) is 5.75 Å². The molecule has 1 amide bonds. The second kappa shape index (κ2) is 8.16. The minimum absolute atomic E-state index is 0.113. The second-order valence-electron chi connectivity index (χ2n) is 10.2. The van der Waals surface area contributed by atoms with Crippen LogP contribution < -0.4 is 10.1 Å². The van der Waals surface area contributed by atoms with Crippen LogP contribution in [-0.4, -0.2) is 12.0 Å². The van der Waals surface area contributed by atoms with Crippen LogP contribution in [0.3, 0.4) is 0 Å². The third-order valence-corrected chi connectivity index (χ3v) is 8.30. The Morgan fingerprint density at radius 2 is 1.68 bits per heavy atom. The number of carbonyl (C=O) groups is 1. The molecule has 0 radical (unpaired) electrons. The molecule has 2 aromatic rings. The maximum atomic E-state index is 12.8. The van der Waals surface area contributed by atoms with E-state index in [0.29, 0.717) is 22.6 Å². The van der Waals surface area contributed by atoms with E-state index in [2.05, 4.69) is 29.6 Å². The van der Waals surface area contributed by atoms with Crippen molar-refractivity contribution >= 4 is 23.2 Å². The van der Waals surface area contributed by atoms with Gasteiger partial charge in [0.2, 0.25) is 0 Å². The average molecular weight is 438 g/mol. The van der Waals surface area contributed by atoms with Crippen LogP contribution in [0, 0.1) is 24.7 Å². The van der Waals surface area contributed by atoms with Crippen molar-refractivity contribution < 1.29 is 9.53 Å². The van der Waals surface area contributed by atoms with Gasteiger partial charge in [-0.3, -0.25) is 4.79 Å². The number of hydrogen-bond donors (Lipinski definition) is 1. The molecule has 4 aliphatic carbocycles.